The van der Waals surface area contributed by atoms with Crippen LogP contribution in [-0.2, 0) is 0 Å². The van der Waals surface area contributed by atoms with Crippen molar-refractivity contribution >= 4 is 23.0 Å². The number of ketones is 1. The number of piperidine rings is 1. The van der Waals surface area contributed by atoms with E-state index in [4.69, 9.17) is 0 Å². The molecule has 0 bridgehead atoms. The van der Waals surface area contributed by atoms with Crippen molar-refractivity contribution in [3.63, 3.8) is 0 Å². The van der Waals surface area contributed by atoms with E-state index in [1.54, 1.807) is 17.2 Å². The normalized spacial score (nSPS) is 18.0. The van der Waals surface area contributed by atoms with Crippen molar-refractivity contribution in [1.29, 1.82) is 0 Å². The van der Waals surface area contributed by atoms with Crippen molar-refractivity contribution in [2.24, 2.45) is 5.92 Å². The average Bonchev–Trinajstić information content (AvgIpc) is 3.15. The van der Waals surface area contributed by atoms with E-state index in [1.807, 2.05) is 31.4 Å². The number of hydrogen-bond acceptors (Lipinski definition) is 5. The zero-order valence-electron chi connectivity index (χ0n) is 13.9. The van der Waals surface area contributed by atoms with Gasteiger partial charge in [0.25, 0.3) is 5.91 Å². The minimum absolute atomic E-state index is 0.108. The van der Waals surface area contributed by atoms with Crippen molar-refractivity contribution in [2.45, 2.75) is 32.6 Å². The van der Waals surface area contributed by atoms with Gasteiger partial charge >= 0.3 is 0 Å². The van der Waals surface area contributed by atoms with Crippen LogP contribution in [0.1, 0.15) is 58.6 Å². The molecule has 2 aromatic rings. The van der Waals surface area contributed by atoms with Crippen molar-refractivity contribution in [1.82, 2.24) is 14.9 Å². The number of nitrogens with zero attached hydrogens (tertiary/aromatic N) is 3. The lowest BCUT2D eigenvalue weighted by Crippen LogP contribution is -2.42. The average molecular weight is 343 g/mol. The summed E-state index contributed by atoms with van der Waals surface area (Å²) in [6.07, 6.45) is 3.31. The zero-order valence-corrected chi connectivity index (χ0v) is 14.8. The van der Waals surface area contributed by atoms with Crippen LogP contribution in [0.2, 0.25) is 0 Å². The minimum atomic E-state index is -0.118. The third-order valence-electron chi connectivity index (χ3n) is 4.25. The number of aromatic nitrogens is 2. The second-order valence-electron chi connectivity index (χ2n) is 6.39. The summed E-state index contributed by atoms with van der Waals surface area (Å²) in [6, 6.07) is 5.39. The Balaban J connectivity index is 1.73. The monoisotopic (exact) mass is 343 g/mol. The molecule has 2 aromatic heterocycles. The van der Waals surface area contributed by atoms with E-state index in [-0.39, 0.29) is 23.5 Å². The van der Waals surface area contributed by atoms with Crippen LogP contribution in [0.5, 0.6) is 0 Å². The molecule has 0 unspecified atom stereocenters. The van der Waals surface area contributed by atoms with Gasteiger partial charge in [-0.15, -0.1) is 11.3 Å². The van der Waals surface area contributed by atoms with Gasteiger partial charge in [-0.3, -0.25) is 9.59 Å². The van der Waals surface area contributed by atoms with Crippen LogP contribution in [0.25, 0.3) is 0 Å². The van der Waals surface area contributed by atoms with E-state index in [1.165, 1.54) is 11.3 Å². The van der Waals surface area contributed by atoms with Crippen LogP contribution in [0, 0.1) is 5.92 Å². The molecule has 1 aliphatic heterocycles. The summed E-state index contributed by atoms with van der Waals surface area (Å²) in [5.74, 6) is 0.764. The lowest BCUT2D eigenvalue weighted by atomic mass is 9.93. The Labute approximate surface area is 145 Å². The van der Waals surface area contributed by atoms with Crippen LogP contribution in [-0.4, -0.2) is 39.6 Å². The fourth-order valence-electron chi connectivity index (χ4n) is 2.93. The Hall–Kier alpha value is -2.08. The highest BCUT2D eigenvalue weighted by molar-refractivity contribution is 7.12. The molecule has 6 heteroatoms. The Bertz CT molecular complexity index is 728. The van der Waals surface area contributed by atoms with Gasteiger partial charge in [0.2, 0.25) is 0 Å². The number of amides is 1. The largest absolute Gasteiger partial charge is 0.337 e. The number of carbonyl (C=O) groups is 2. The van der Waals surface area contributed by atoms with E-state index in [0.717, 1.165) is 17.7 Å². The van der Waals surface area contributed by atoms with Gasteiger partial charge in [0.15, 0.2) is 5.78 Å². The molecular weight excluding hydrogens is 322 g/mol. The fourth-order valence-corrected chi connectivity index (χ4v) is 3.67. The van der Waals surface area contributed by atoms with Crippen molar-refractivity contribution in [3.05, 3.63) is 46.2 Å². The van der Waals surface area contributed by atoms with Gasteiger partial charge in [-0.2, -0.15) is 0 Å². The van der Waals surface area contributed by atoms with Gasteiger partial charge < -0.3 is 4.90 Å². The van der Waals surface area contributed by atoms with Crippen molar-refractivity contribution < 1.29 is 9.59 Å². The standard InChI is InChI=1S/C18H21N3O2S/c1-12(2)17-19-8-7-14(20-17)18(23)21-9-3-5-13(11-21)16(22)15-6-4-10-24-15/h4,6-8,10,12-13H,3,5,9,11H2,1-2H3/t13-/m1/s1. The maximum absolute atomic E-state index is 12.8. The fraction of sp³-hybridized carbons (Fsp3) is 0.444. The van der Waals surface area contributed by atoms with Crippen LogP contribution in [0.4, 0.5) is 0 Å². The molecule has 126 valence electrons. The van der Waals surface area contributed by atoms with E-state index in [0.29, 0.717) is 24.6 Å². The highest BCUT2D eigenvalue weighted by Crippen LogP contribution is 2.24. The third-order valence-corrected chi connectivity index (χ3v) is 5.14. The molecule has 0 aromatic carbocycles. The van der Waals surface area contributed by atoms with Gasteiger partial charge in [0, 0.05) is 31.1 Å². The van der Waals surface area contributed by atoms with Crippen LogP contribution in [0.3, 0.4) is 0 Å². The Morgan fingerprint density at radius 1 is 1.33 bits per heavy atom. The summed E-state index contributed by atoms with van der Waals surface area (Å²) in [7, 11) is 0. The van der Waals surface area contributed by atoms with Gasteiger partial charge in [-0.25, -0.2) is 9.97 Å². The molecular formula is C18H21N3O2S. The molecule has 0 radical (unpaired) electrons. The Morgan fingerprint density at radius 3 is 2.88 bits per heavy atom. The summed E-state index contributed by atoms with van der Waals surface area (Å²) >= 11 is 1.46. The first kappa shape index (κ1) is 16.8. The number of hydrogen-bond donors (Lipinski definition) is 0. The number of likely N-dealkylation sites (tertiary alicyclic amines) is 1. The molecule has 1 aliphatic rings. The molecule has 0 N–H and O–H groups in total. The highest BCUT2D eigenvalue weighted by Gasteiger charge is 2.30. The third kappa shape index (κ3) is 3.53. The summed E-state index contributed by atoms with van der Waals surface area (Å²) < 4.78 is 0. The SMILES string of the molecule is CC(C)c1nccc(C(=O)N2CCC[C@@H](C(=O)c3cccs3)C2)n1. The summed E-state index contributed by atoms with van der Waals surface area (Å²) in [5, 5.41) is 1.91. The minimum Gasteiger partial charge on any atom is -0.337 e. The summed E-state index contributed by atoms with van der Waals surface area (Å²) in [4.78, 5) is 36.4. The first-order valence-electron chi connectivity index (χ1n) is 8.26. The predicted molar refractivity (Wildman–Crippen MR) is 93.4 cm³/mol. The number of Topliss-reactive ketones (excluding diaryl/α,β-unsaturated/α-hetero) is 1. The second kappa shape index (κ2) is 7.21. The Morgan fingerprint density at radius 2 is 2.17 bits per heavy atom. The maximum atomic E-state index is 12.8. The number of rotatable bonds is 4. The predicted octanol–water partition coefficient (Wildman–Crippen LogP) is 3.40. The van der Waals surface area contributed by atoms with Gasteiger partial charge in [-0.05, 0) is 30.4 Å². The molecule has 1 atom stereocenters. The van der Waals surface area contributed by atoms with Crippen LogP contribution in [0.15, 0.2) is 29.8 Å². The summed E-state index contributed by atoms with van der Waals surface area (Å²) in [6.45, 7) is 5.14. The van der Waals surface area contributed by atoms with Crippen molar-refractivity contribution in [3.8, 4) is 0 Å². The highest BCUT2D eigenvalue weighted by atomic mass is 32.1. The number of thiophene rings is 1. The smallest absolute Gasteiger partial charge is 0.272 e. The quantitative estimate of drug-likeness (QED) is 0.798. The van der Waals surface area contributed by atoms with Gasteiger partial charge in [-0.1, -0.05) is 19.9 Å². The van der Waals surface area contributed by atoms with E-state index in [9.17, 15) is 9.59 Å². The molecule has 1 saturated heterocycles. The molecule has 5 nitrogen and oxygen atoms in total. The van der Waals surface area contributed by atoms with Gasteiger partial charge in [0.1, 0.15) is 11.5 Å². The van der Waals surface area contributed by atoms with E-state index in [2.05, 4.69) is 9.97 Å². The second-order valence-corrected chi connectivity index (χ2v) is 7.33. The molecule has 0 saturated carbocycles. The molecule has 3 rings (SSSR count). The lowest BCUT2D eigenvalue weighted by molar-refractivity contribution is 0.0633. The molecule has 1 fully saturated rings. The topological polar surface area (TPSA) is 63.2 Å². The van der Waals surface area contributed by atoms with Crippen molar-refractivity contribution in [2.75, 3.05) is 13.1 Å². The van der Waals surface area contributed by atoms with E-state index >= 15 is 0 Å². The first-order valence-corrected chi connectivity index (χ1v) is 9.14. The number of carbonyl (C=O) groups excluding carboxylic acids is 2. The molecule has 0 aliphatic carbocycles. The molecule has 1 amide bonds. The maximum Gasteiger partial charge on any atom is 0.272 e. The molecule has 24 heavy (non-hydrogen) atoms. The zero-order chi connectivity index (χ0) is 17.1. The lowest BCUT2D eigenvalue weighted by Gasteiger charge is -2.31. The molecule has 0 spiro atoms. The Kier molecular flexibility index (Phi) is 5.04. The van der Waals surface area contributed by atoms with E-state index < -0.39 is 0 Å². The summed E-state index contributed by atoms with van der Waals surface area (Å²) in [5.41, 5.74) is 0.415. The molecule has 3 heterocycles. The van der Waals surface area contributed by atoms with Crippen LogP contribution >= 0.6 is 11.3 Å². The first-order chi connectivity index (χ1) is 11.6. The van der Waals surface area contributed by atoms with Crippen LogP contribution < -0.4 is 0 Å². The van der Waals surface area contributed by atoms with Gasteiger partial charge in [0.05, 0.1) is 4.88 Å².